The first-order valence-electron chi connectivity index (χ1n) is 10.2. The van der Waals surface area contributed by atoms with E-state index in [-0.39, 0.29) is 36.6 Å². The minimum atomic E-state index is -0.673. The van der Waals surface area contributed by atoms with Gasteiger partial charge in [0.05, 0.1) is 24.7 Å². The Labute approximate surface area is 191 Å². The standard InChI is InChI=1S/C24H26N4O4.H2O/c25-20(12-16-6-2-1-3-7-16)24(31)27-10-11-32-21-14-18-9-5-4-8-17(18)13-19(21)23(30)28-15-22(26)29;/h1-9,13-14,20H,10-12,15,25H2,(H2,26,29)(H,27,31)(H,28,30);1H2. The topological polar surface area (TPSA) is 168 Å². The monoisotopic (exact) mass is 452 g/mol. The van der Waals surface area contributed by atoms with Crippen molar-refractivity contribution < 1.29 is 24.6 Å². The third-order valence-corrected chi connectivity index (χ3v) is 4.81. The molecule has 0 aromatic heterocycles. The smallest absolute Gasteiger partial charge is 0.255 e. The molecule has 0 bridgehead atoms. The molecule has 0 fully saturated rings. The van der Waals surface area contributed by atoms with Gasteiger partial charge in [0.1, 0.15) is 12.4 Å². The Hall–Kier alpha value is -3.95. The molecule has 3 aromatic carbocycles. The highest BCUT2D eigenvalue weighted by Crippen LogP contribution is 2.26. The highest BCUT2D eigenvalue weighted by atomic mass is 16.5. The first kappa shape index (κ1) is 25.3. The summed E-state index contributed by atoms with van der Waals surface area (Å²) in [6.07, 6.45) is 0.433. The number of carbonyl (C=O) groups is 3. The van der Waals surface area contributed by atoms with Crippen molar-refractivity contribution in [3.63, 3.8) is 0 Å². The zero-order valence-corrected chi connectivity index (χ0v) is 18.0. The lowest BCUT2D eigenvalue weighted by Crippen LogP contribution is -2.43. The van der Waals surface area contributed by atoms with Crippen LogP contribution in [0.15, 0.2) is 66.7 Å². The van der Waals surface area contributed by atoms with Gasteiger partial charge in [0.15, 0.2) is 0 Å². The molecule has 1 atom stereocenters. The van der Waals surface area contributed by atoms with E-state index in [1.54, 1.807) is 12.1 Å². The molecule has 174 valence electrons. The molecular weight excluding hydrogens is 424 g/mol. The molecule has 0 saturated carbocycles. The predicted octanol–water partition coefficient (Wildman–Crippen LogP) is 0.295. The van der Waals surface area contributed by atoms with Crippen LogP contribution in [-0.2, 0) is 16.0 Å². The number of carbonyl (C=O) groups excluding carboxylic acids is 3. The van der Waals surface area contributed by atoms with E-state index in [4.69, 9.17) is 16.2 Å². The average Bonchev–Trinajstić information content (AvgIpc) is 2.80. The molecular formula is C24H28N4O5. The molecule has 33 heavy (non-hydrogen) atoms. The first-order valence-corrected chi connectivity index (χ1v) is 10.2. The van der Waals surface area contributed by atoms with Gasteiger partial charge in [0.2, 0.25) is 11.8 Å². The maximum absolute atomic E-state index is 12.5. The highest BCUT2D eigenvalue weighted by molar-refractivity contribution is 6.02. The largest absolute Gasteiger partial charge is 0.491 e. The van der Waals surface area contributed by atoms with Crippen molar-refractivity contribution in [2.75, 3.05) is 19.7 Å². The van der Waals surface area contributed by atoms with Crippen LogP contribution in [-0.4, -0.2) is 48.9 Å². The van der Waals surface area contributed by atoms with Crippen molar-refractivity contribution in [3.8, 4) is 5.75 Å². The number of primary amides is 1. The number of nitrogens with two attached hydrogens (primary N) is 2. The SMILES string of the molecule is NC(=O)CNC(=O)c1cc2ccccc2cc1OCCNC(=O)C(N)Cc1ccccc1.O. The number of ether oxygens (including phenoxy) is 1. The van der Waals surface area contributed by atoms with Crippen molar-refractivity contribution in [2.45, 2.75) is 12.5 Å². The van der Waals surface area contributed by atoms with Crippen LogP contribution in [0.1, 0.15) is 15.9 Å². The normalized spacial score (nSPS) is 11.2. The van der Waals surface area contributed by atoms with Gasteiger partial charge in [0, 0.05) is 0 Å². The molecule has 0 heterocycles. The average molecular weight is 453 g/mol. The second kappa shape index (κ2) is 12.2. The quantitative estimate of drug-likeness (QED) is 0.324. The van der Waals surface area contributed by atoms with E-state index in [1.807, 2.05) is 54.6 Å². The van der Waals surface area contributed by atoms with Crippen LogP contribution in [0.5, 0.6) is 5.75 Å². The zero-order chi connectivity index (χ0) is 22.9. The summed E-state index contributed by atoms with van der Waals surface area (Å²) in [5.41, 5.74) is 12.4. The van der Waals surface area contributed by atoms with Gasteiger partial charge >= 0.3 is 0 Å². The Balaban J connectivity index is 0.00000385. The Bertz CT molecular complexity index is 1100. The third kappa shape index (κ3) is 7.30. The molecule has 0 aliphatic rings. The second-order valence-corrected chi connectivity index (χ2v) is 7.28. The molecule has 0 aliphatic carbocycles. The molecule has 0 spiro atoms. The maximum Gasteiger partial charge on any atom is 0.255 e. The summed E-state index contributed by atoms with van der Waals surface area (Å²) in [5.74, 6) is -1.06. The van der Waals surface area contributed by atoms with E-state index in [9.17, 15) is 14.4 Å². The Morgan fingerprint density at radius 2 is 1.55 bits per heavy atom. The van der Waals surface area contributed by atoms with Crippen LogP contribution < -0.4 is 26.8 Å². The number of benzene rings is 3. The van der Waals surface area contributed by atoms with Crippen LogP contribution in [0.3, 0.4) is 0 Å². The van der Waals surface area contributed by atoms with E-state index < -0.39 is 17.9 Å². The lowest BCUT2D eigenvalue weighted by molar-refractivity contribution is -0.122. The number of amides is 3. The second-order valence-electron chi connectivity index (χ2n) is 7.28. The fourth-order valence-corrected chi connectivity index (χ4v) is 3.21. The summed E-state index contributed by atoms with van der Waals surface area (Å²) >= 11 is 0. The lowest BCUT2D eigenvalue weighted by atomic mass is 10.1. The minimum Gasteiger partial charge on any atom is -0.491 e. The zero-order valence-electron chi connectivity index (χ0n) is 18.0. The summed E-state index contributed by atoms with van der Waals surface area (Å²) < 4.78 is 5.79. The van der Waals surface area contributed by atoms with E-state index in [1.165, 1.54) is 0 Å². The molecule has 3 amide bonds. The van der Waals surface area contributed by atoms with Gasteiger partial charge in [-0.25, -0.2) is 0 Å². The molecule has 3 aromatic rings. The van der Waals surface area contributed by atoms with E-state index in [0.29, 0.717) is 12.2 Å². The Kier molecular flexibility index (Phi) is 9.34. The molecule has 8 N–H and O–H groups in total. The molecule has 9 heteroatoms. The van der Waals surface area contributed by atoms with Crippen LogP contribution in [0.4, 0.5) is 0 Å². The fraction of sp³-hybridized carbons (Fsp3) is 0.208. The summed E-state index contributed by atoms with van der Waals surface area (Å²) in [6, 6.07) is 19.8. The molecule has 1 unspecified atom stereocenters. The minimum absolute atomic E-state index is 0. The van der Waals surface area contributed by atoms with Gasteiger partial charge in [-0.2, -0.15) is 0 Å². The highest BCUT2D eigenvalue weighted by Gasteiger charge is 2.16. The Morgan fingerprint density at radius 1 is 0.909 bits per heavy atom. The molecule has 3 rings (SSSR count). The molecule has 9 nitrogen and oxygen atoms in total. The van der Waals surface area contributed by atoms with Crippen LogP contribution >= 0.6 is 0 Å². The number of fused-ring (bicyclic) bond motifs is 1. The summed E-state index contributed by atoms with van der Waals surface area (Å²) in [4.78, 5) is 35.8. The van der Waals surface area contributed by atoms with Gasteiger partial charge in [-0.3, -0.25) is 14.4 Å². The van der Waals surface area contributed by atoms with E-state index in [2.05, 4.69) is 10.6 Å². The fourth-order valence-electron chi connectivity index (χ4n) is 3.21. The van der Waals surface area contributed by atoms with Gasteiger partial charge in [-0.05, 0) is 34.9 Å². The number of nitrogens with one attached hydrogen (secondary N) is 2. The number of hydrogen-bond donors (Lipinski definition) is 4. The van der Waals surface area contributed by atoms with Crippen LogP contribution in [0.2, 0.25) is 0 Å². The number of rotatable bonds is 10. The number of hydrogen-bond acceptors (Lipinski definition) is 5. The van der Waals surface area contributed by atoms with Crippen molar-refractivity contribution in [1.82, 2.24) is 10.6 Å². The van der Waals surface area contributed by atoms with Gasteiger partial charge in [-0.1, -0.05) is 54.6 Å². The van der Waals surface area contributed by atoms with Crippen molar-refractivity contribution in [1.29, 1.82) is 0 Å². The summed E-state index contributed by atoms with van der Waals surface area (Å²) in [5, 5.41) is 6.96. The van der Waals surface area contributed by atoms with Gasteiger partial charge < -0.3 is 32.3 Å². The van der Waals surface area contributed by atoms with Crippen molar-refractivity contribution in [2.24, 2.45) is 11.5 Å². The molecule has 0 radical (unpaired) electrons. The van der Waals surface area contributed by atoms with Gasteiger partial charge in [0.25, 0.3) is 5.91 Å². The Morgan fingerprint density at radius 3 is 2.21 bits per heavy atom. The van der Waals surface area contributed by atoms with Crippen molar-refractivity contribution >= 4 is 28.5 Å². The molecule has 0 aliphatic heterocycles. The van der Waals surface area contributed by atoms with E-state index in [0.717, 1.165) is 16.3 Å². The van der Waals surface area contributed by atoms with E-state index >= 15 is 0 Å². The lowest BCUT2D eigenvalue weighted by Gasteiger charge is -2.15. The molecule has 0 saturated heterocycles. The van der Waals surface area contributed by atoms with Crippen LogP contribution in [0, 0.1) is 0 Å². The van der Waals surface area contributed by atoms with Gasteiger partial charge in [-0.15, -0.1) is 0 Å². The van der Waals surface area contributed by atoms with Crippen LogP contribution in [0.25, 0.3) is 10.8 Å². The van der Waals surface area contributed by atoms with Crippen molar-refractivity contribution in [3.05, 3.63) is 77.9 Å². The summed E-state index contributed by atoms with van der Waals surface area (Å²) in [6.45, 7) is 0.0786. The summed E-state index contributed by atoms with van der Waals surface area (Å²) in [7, 11) is 0. The predicted molar refractivity (Wildman–Crippen MR) is 126 cm³/mol. The third-order valence-electron chi connectivity index (χ3n) is 4.81. The maximum atomic E-state index is 12.5. The first-order chi connectivity index (χ1) is 15.4.